The molecule has 3 rings (SSSR count). The smallest absolute Gasteiger partial charge is 0.317 e. The first-order valence-electron chi connectivity index (χ1n) is 8.23. The molecule has 116 valence electrons. The molecular weight excluding hydrogens is 264 g/mol. The number of aromatic nitrogens is 2. The van der Waals surface area contributed by atoms with Crippen molar-refractivity contribution in [2.75, 3.05) is 13.1 Å². The number of urea groups is 1. The molecule has 2 amide bonds. The zero-order valence-electron chi connectivity index (χ0n) is 13.1. The second kappa shape index (κ2) is 6.08. The van der Waals surface area contributed by atoms with Crippen LogP contribution >= 0.6 is 0 Å². The first kappa shape index (κ1) is 14.4. The van der Waals surface area contributed by atoms with E-state index in [0.29, 0.717) is 18.0 Å². The molecule has 1 N–H and O–H groups in total. The Morgan fingerprint density at radius 3 is 2.67 bits per heavy atom. The number of rotatable bonds is 3. The Balaban J connectivity index is 1.50. The monoisotopic (exact) mass is 290 g/mol. The van der Waals surface area contributed by atoms with Crippen molar-refractivity contribution in [1.82, 2.24) is 19.8 Å². The minimum atomic E-state index is 0.115. The third kappa shape index (κ3) is 3.06. The molecule has 1 saturated heterocycles. The van der Waals surface area contributed by atoms with Crippen LogP contribution in [0.15, 0.2) is 12.4 Å². The summed E-state index contributed by atoms with van der Waals surface area (Å²) in [5, 5.41) is 3.19. The predicted octanol–water partition coefficient (Wildman–Crippen LogP) is 2.91. The lowest BCUT2D eigenvalue weighted by Crippen LogP contribution is -2.56. The van der Waals surface area contributed by atoms with Crippen LogP contribution in [-0.4, -0.2) is 39.6 Å². The lowest BCUT2D eigenvalue weighted by Gasteiger charge is -2.41. The number of amides is 2. The van der Waals surface area contributed by atoms with Gasteiger partial charge in [-0.3, -0.25) is 0 Å². The van der Waals surface area contributed by atoms with Gasteiger partial charge in [0.05, 0.1) is 6.04 Å². The maximum atomic E-state index is 12.2. The summed E-state index contributed by atoms with van der Waals surface area (Å²) in [6.45, 7) is 5.92. The van der Waals surface area contributed by atoms with E-state index < -0.39 is 0 Å². The van der Waals surface area contributed by atoms with Gasteiger partial charge in [-0.25, -0.2) is 9.78 Å². The molecule has 5 heteroatoms. The number of hydrogen-bond acceptors (Lipinski definition) is 2. The molecule has 1 aromatic rings. The number of nitrogens with one attached hydrogen (secondary N) is 1. The number of carbonyl (C=O) groups is 1. The van der Waals surface area contributed by atoms with Gasteiger partial charge in [-0.05, 0) is 12.8 Å². The van der Waals surface area contributed by atoms with Gasteiger partial charge in [0.1, 0.15) is 5.82 Å². The van der Waals surface area contributed by atoms with Crippen LogP contribution in [0.3, 0.4) is 0 Å². The lowest BCUT2D eigenvalue weighted by molar-refractivity contribution is 0.118. The SMILES string of the molecule is CC(C)c1nccn1C1CN(C(=O)NC2CCCCC2)C1. The number of nitrogens with zero attached hydrogens (tertiary/aromatic N) is 3. The number of carbonyl (C=O) groups excluding carboxylic acids is 1. The van der Waals surface area contributed by atoms with Crippen molar-refractivity contribution in [3.63, 3.8) is 0 Å². The molecule has 2 aliphatic rings. The van der Waals surface area contributed by atoms with E-state index in [0.717, 1.165) is 31.8 Å². The molecule has 21 heavy (non-hydrogen) atoms. The lowest BCUT2D eigenvalue weighted by atomic mass is 9.95. The maximum Gasteiger partial charge on any atom is 0.317 e. The van der Waals surface area contributed by atoms with Crippen LogP contribution < -0.4 is 5.32 Å². The largest absolute Gasteiger partial charge is 0.335 e. The van der Waals surface area contributed by atoms with Gasteiger partial charge in [0, 0.05) is 37.4 Å². The maximum absolute atomic E-state index is 12.2. The van der Waals surface area contributed by atoms with Gasteiger partial charge in [0.15, 0.2) is 0 Å². The molecule has 0 spiro atoms. The molecule has 0 radical (unpaired) electrons. The number of hydrogen-bond donors (Lipinski definition) is 1. The van der Waals surface area contributed by atoms with Crippen LogP contribution in [0, 0.1) is 0 Å². The van der Waals surface area contributed by atoms with Crippen LogP contribution in [0.25, 0.3) is 0 Å². The first-order valence-corrected chi connectivity index (χ1v) is 8.23. The quantitative estimate of drug-likeness (QED) is 0.930. The first-order chi connectivity index (χ1) is 10.1. The number of imidazole rings is 1. The van der Waals surface area contributed by atoms with Crippen LogP contribution in [-0.2, 0) is 0 Å². The van der Waals surface area contributed by atoms with Crippen LogP contribution in [0.5, 0.6) is 0 Å². The molecule has 0 unspecified atom stereocenters. The normalized spacial score (nSPS) is 20.6. The van der Waals surface area contributed by atoms with E-state index in [4.69, 9.17) is 0 Å². The Hall–Kier alpha value is -1.52. The average Bonchev–Trinajstić information content (AvgIpc) is 2.87. The molecular formula is C16H26N4O. The van der Waals surface area contributed by atoms with Gasteiger partial charge < -0.3 is 14.8 Å². The van der Waals surface area contributed by atoms with E-state index >= 15 is 0 Å². The highest BCUT2D eigenvalue weighted by Gasteiger charge is 2.34. The fourth-order valence-corrected chi connectivity index (χ4v) is 3.39. The van der Waals surface area contributed by atoms with Crippen molar-refractivity contribution in [2.24, 2.45) is 0 Å². The van der Waals surface area contributed by atoms with Crippen LogP contribution in [0.4, 0.5) is 4.79 Å². The second-order valence-corrected chi connectivity index (χ2v) is 6.69. The van der Waals surface area contributed by atoms with E-state index in [-0.39, 0.29) is 6.03 Å². The third-order valence-electron chi connectivity index (χ3n) is 4.69. The van der Waals surface area contributed by atoms with Gasteiger partial charge >= 0.3 is 6.03 Å². The van der Waals surface area contributed by atoms with Gasteiger partial charge in [-0.1, -0.05) is 33.1 Å². The van der Waals surface area contributed by atoms with Crippen molar-refractivity contribution < 1.29 is 4.79 Å². The van der Waals surface area contributed by atoms with E-state index in [1.165, 1.54) is 19.3 Å². The van der Waals surface area contributed by atoms with Crippen LogP contribution in [0.1, 0.15) is 63.7 Å². The van der Waals surface area contributed by atoms with Crippen LogP contribution in [0.2, 0.25) is 0 Å². The van der Waals surface area contributed by atoms with Crippen molar-refractivity contribution >= 4 is 6.03 Å². The fourth-order valence-electron chi connectivity index (χ4n) is 3.39. The fraction of sp³-hybridized carbons (Fsp3) is 0.750. The average molecular weight is 290 g/mol. The Bertz CT molecular complexity index is 484. The second-order valence-electron chi connectivity index (χ2n) is 6.69. The molecule has 0 aromatic carbocycles. The molecule has 0 bridgehead atoms. The van der Waals surface area contributed by atoms with E-state index in [2.05, 4.69) is 28.7 Å². The Morgan fingerprint density at radius 2 is 2.00 bits per heavy atom. The Labute approximate surface area is 126 Å². The zero-order chi connectivity index (χ0) is 14.8. The van der Waals surface area contributed by atoms with Gasteiger partial charge in [0.25, 0.3) is 0 Å². The summed E-state index contributed by atoms with van der Waals surface area (Å²) in [7, 11) is 0. The highest BCUT2D eigenvalue weighted by Crippen LogP contribution is 2.26. The number of likely N-dealkylation sites (tertiary alicyclic amines) is 1. The molecule has 0 atom stereocenters. The van der Waals surface area contributed by atoms with Gasteiger partial charge in [-0.2, -0.15) is 0 Å². The highest BCUT2D eigenvalue weighted by atomic mass is 16.2. The van der Waals surface area contributed by atoms with E-state index in [1.54, 1.807) is 0 Å². The molecule has 1 aromatic heterocycles. The van der Waals surface area contributed by atoms with Crippen molar-refractivity contribution in [3.8, 4) is 0 Å². The summed E-state index contributed by atoms with van der Waals surface area (Å²) < 4.78 is 2.23. The summed E-state index contributed by atoms with van der Waals surface area (Å²) in [6, 6.07) is 0.899. The van der Waals surface area contributed by atoms with Crippen molar-refractivity contribution in [2.45, 2.75) is 64.0 Å². The van der Waals surface area contributed by atoms with Crippen molar-refractivity contribution in [3.05, 3.63) is 18.2 Å². The molecule has 1 aliphatic heterocycles. The van der Waals surface area contributed by atoms with E-state index in [1.807, 2.05) is 17.3 Å². The third-order valence-corrected chi connectivity index (χ3v) is 4.69. The minimum absolute atomic E-state index is 0.115. The Kier molecular flexibility index (Phi) is 4.17. The standard InChI is InChI=1S/C16H26N4O/c1-12(2)15-17-8-9-20(15)14-10-19(11-14)16(21)18-13-6-4-3-5-7-13/h8-9,12-14H,3-7,10-11H2,1-2H3,(H,18,21). The molecule has 1 aliphatic carbocycles. The highest BCUT2D eigenvalue weighted by molar-refractivity contribution is 5.75. The summed E-state index contributed by atoms with van der Waals surface area (Å²) in [5.74, 6) is 1.54. The minimum Gasteiger partial charge on any atom is -0.335 e. The molecule has 1 saturated carbocycles. The summed E-state index contributed by atoms with van der Waals surface area (Å²) in [5.41, 5.74) is 0. The summed E-state index contributed by atoms with van der Waals surface area (Å²) in [4.78, 5) is 18.6. The Morgan fingerprint density at radius 1 is 1.29 bits per heavy atom. The predicted molar refractivity (Wildman–Crippen MR) is 82.3 cm³/mol. The topological polar surface area (TPSA) is 50.2 Å². The summed E-state index contributed by atoms with van der Waals surface area (Å²) in [6.07, 6.45) is 10.00. The molecule has 2 fully saturated rings. The zero-order valence-corrected chi connectivity index (χ0v) is 13.1. The molecule has 5 nitrogen and oxygen atoms in total. The van der Waals surface area contributed by atoms with E-state index in [9.17, 15) is 4.79 Å². The summed E-state index contributed by atoms with van der Waals surface area (Å²) >= 11 is 0. The van der Waals surface area contributed by atoms with Crippen molar-refractivity contribution in [1.29, 1.82) is 0 Å². The van der Waals surface area contributed by atoms with Gasteiger partial charge in [-0.15, -0.1) is 0 Å². The van der Waals surface area contributed by atoms with Gasteiger partial charge in [0.2, 0.25) is 0 Å². The molecule has 2 heterocycles.